The molecule has 2 aliphatic carbocycles. The van der Waals surface area contributed by atoms with Crippen LogP contribution in [-0.4, -0.2) is 27.6 Å². The molecule has 1 aliphatic heterocycles. The van der Waals surface area contributed by atoms with Gasteiger partial charge < -0.3 is 14.9 Å². The average Bonchev–Trinajstić information content (AvgIpc) is 2.51. The molecule has 0 spiro atoms. The molecule has 1 heterocycles. The molecule has 5 atom stereocenters. The number of ether oxygens (including phenoxy) is 1. The van der Waals surface area contributed by atoms with Crippen LogP contribution in [-0.2, 0) is 4.79 Å². The van der Waals surface area contributed by atoms with Gasteiger partial charge >= 0.3 is 5.97 Å². The molecule has 1 aromatic rings. The summed E-state index contributed by atoms with van der Waals surface area (Å²) in [5.41, 5.74) is 0.386. The quantitative estimate of drug-likeness (QED) is 0.785. The van der Waals surface area contributed by atoms with Crippen molar-refractivity contribution in [2.45, 2.75) is 71.8 Å². The molecular weight excluding hydrogens is 356 g/mol. The fourth-order valence-electron chi connectivity index (χ4n) is 6.71. The maximum absolute atomic E-state index is 13.3. The number of phenols is 1. The topological polar surface area (TPSA) is 83.8 Å². The molecule has 1 aromatic carbocycles. The average molecular weight is 386 g/mol. The summed E-state index contributed by atoms with van der Waals surface area (Å²) >= 11 is 0. The second kappa shape index (κ2) is 5.98. The number of rotatable bonds is 4. The predicted octanol–water partition coefficient (Wildman–Crippen LogP) is 4.68. The second-order valence-corrected chi connectivity index (χ2v) is 9.95. The van der Waals surface area contributed by atoms with Gasteiger partial charge in [-0.3, -0.25) is 4.79 Å². The van der Waals surface area contributed by atoms with Gasteiger partial charge in [-0.15, -0.1) is 0 Å². The summed E-state index contributed by atoms with van der Waals surface area (Å²) in [6.07, 6.45) is 3.40. The Hall–Kier alpha value is -2.04. The largest absolute Gasteiger partial charge is 0.507 e. The summed E-state index contributed by atoms with van der Waals surface area (Å²) < 4.78 is 6.43. The van der Waals surface area contributed by atoms with Gasteiger partial charge in [-0.2, -0.15) is 0 Å². The van der Waals surface area contributed by atoms with E-state index in [0.29, 0.717) is 23.3 Å². The Balaban J connectivity index is 1.91. The number of Topliss-reactive ketones (excluding diaryl/α,β-unsaturated/α-hetero) is 1. The number of hydrogen-bond donors (Lipinski definition) is 2. The molecule has 0 radical (unpaired) electrons. The molecular formula is C23H30O5. The number of carboxylic acids is 1. The fraction of sp³-hybridized carbons (Fsp3) is 0.652. The van der Waals surface area contributed by atoms with Gasteiger partial charge in [0, 0.05) is 29.7 Å². The van der Waals surface area contributed by atoms with E-state index in [0.717, 1.165) is 19.3 Å². The van der Waals surface area contributed by atoms with E-state index in [1.54, 1.807) is 13.0 Å². The van der Waals surface area contributed by atoms with Crippen LogP contribution in [0.15, 0.2) is 6.07 Å². The maximum Gasteiger partial charge on any atom is 0.339 e. The van der Waals surface area contributed by atoms with Crippen LogP contribution in [0.2, 0.25) is 0 Å². The molecule has 0 amide bonds. The van der Waals surface area contributed by atoms with E-state index in [1.807, 2.05) is 13.8 Å². The van der Waals surface area contributed by atoms with Crippen LogP contribution in [0, 0.1) is 30.1 Å². The Bertz CT molecular complexity index is 872. The van der Waals surface area contributed by atoms with Crippen LogP contribution < -0.4 is 4.74 Å². The SMILES string of the molecule is Cc1cc2c(c(O)c1C(=O)O)[C@H]1[C@@H]3[C@@](C)(CCC[C@]3(C)O2)[C@H]1C(=O)CC(C)C. The van der Waals surface area contributed by atoms with Crippen molar-refractivity contribution >= 4 is 11.8 Å². The van der Waals surface area contributed by atoms with E-state index < -0.39 is 5.97 Å². The number of carbonyl (C=O) groups is 2. The number of hydrogen-bond acceptors (Lipinski definition) is 4. The molecule has 0 saturated heterocycles. The van der Waals surface area contributed by atoms with Crippen molar-refractivity contribution in [1.29, 1.82) is 0 Å². The third-order valence-electron chi connectivity index (χ3n) is 7.53. The highest BCUT2D eigenvalue weighted by Crippen LogP contribution is 2.73. The Kier molecular flexibility index (Phi) is 4.12. The first-order valence-corrected chi connectivity index (χ1v) is 10.3. The van der Waals surface area contributed by atoms with Gasteiger partial charge in [-0.25, -0.2) is 4.79 Å². The second-order valence-electron chi connectivity index (χ2n) is 9.95. The molecule has 0 bridgehead atoms. The summed E-state index contributed by atoms with van der Waals surface area (Å²) in [6, 6.07) is 1.73. The Morgan fingerprint density at radius 2 is 1.96 bits per heavy atom. The van der Waals surface area contributed by atoms with Gasteiger partial charge in [0.15, 0.2) is 0 Å². The Morgan fingerprint density at radius 1 is 1.29 bits per heavy atom. The van der Waals surface area contributed by atoms with E-state index in [1.165, 1.54) is 0 Å². The standard InChI is InChI=1S/C23H30O5/c1-11(2)9-13(24)18-17-16-14(10-12(3)15(19(16)25)21(26)27)28-23(5)8-6-7-22(18,4)20(17)23/h10-11,17-18,20,25H,6-9H2,1-5H3,(H,26,27)/t17-,18+,20-,22+,23+/m1/s1. The van der Waals surface area contributed by atoms with E-state index in [4.69, 9.17) is 4.74 Å². The minimum absolute atomic E-state index is 0.0783. The summed E-state index contributed by atoms with van der Waals surface area (Å²) in [5, 5.41) is 20.6. The van der Waals surface area contributed by atoms with E-state index in [9.17, 15) is 19.8 Å². The smallest absolute Gasteiger partial charge is 0.339 e. The molecule has 2 N–H and O–H groups in total. The number of ketones is 1. The van der Waals surface area contributed by atoms with Crippen LogP contribution in [0.3, 0.4) is 0 Å². The van der Waals surface area contributed by atoms with Crippen molar-refractivity contribution in [2.24, 2.45) is 23.2 Å². The van der Waals surface area contributed by atoms with Gasteiger partial charge in [-0.05, 0) is 56.1 Å². The lowest BCUT2D eigenvalue weighted by Gasteiger charge is -2.69. The van der Waals surface area contributed by atoms with Crippen LogP contribution in [0.4, 0.5) is 0 Å². The first kappa shape index (κ1) is 19.3. The monoisotopic (exact) mass is 386 g/mol. The van der Waals surface area contributed by atoms with Crippen LogP contribution >= 0.6 is 0 Å². The zero-order chi connectivity index (χ0) is 20.6. The predicted molar refractivity (Wildman–Crippen MR) is 105 cm³/mol. The molecule has 5 nitrogen and oxygen atoms in total. The zero-order valence-electron chi connectivity index (χ0n) is 17.3. The lowest BCUT2D eigenvalue weighted by atomic mass is 9.37. The highest BCUT2D eigenvalue weighted by Gasteiger charge is 2.71. The van der Waals surface area contributed by atoms with Crippen LogP contribution in [0.1, 0.15) is 80.8 Å². The number of aryl methyl sites for hydroxylation is 1. The van der Waals surface area contributed by atoms with Gasteiger partial charge in [-0.1, -0.05) is 20.8 Å². The number of carboxylic acid groups (broad SMARTS) is 1. The minimum atomic E-state index is -1.15. The van der Waals surface area contributed by atoms with Gasteiger partial charge in [0.25, 0.3) is 0 Å². The summed E-state index contributed by atoms with van der Waals surface area (Å²) in [4.78, 5) is 25.0. The lowest BCUT2D eigenvalue weighted by Crippen LogP contribution is -2.69. The van der Waals surface area contributed by atoms with Crippen LogP contribution in [0.25, 0.3) is 0 Å². The first-order valence-electron chi connectivity index (χ1n) is 10.3. The van der Waals surface area contributed by atoms with Crippen molar-refractivity contribution in [3.63, 3.8) is 0 Å². The summed E-state index contributed by atoms with van der Waals surface area (Å²) in [5.74, 6) is -0.584. The third kappa shape index (κ3) is 2.37. The molecule has 2 saturated carbocycles. The molecule has 4 rings (SSSR count). The van der Waals surface area contributed by atoms with Crippen molar-refractivity contribution in [1.82, 2.24) is 0 Å². The highest BCUT2D eigenvalue weighted by atomic mass is 16.5. The normalized spacial score (nSPS) is 35.4. The zero-order valence-corrected chi connectivity index (χ0v) is 17.3. The summed E-state index contributed by atoms with van der Waals surface area (Å²) in [7, 11) is 0. The minimum Gasteiger partial charge on any atom is -0.507 e. The van der Waals surface area contributed by atoms with Crippen LogP contribution in [0.5, 0.6) is 11.5 Å². The number of aromatic hydroxyl groups is 1. The van der Waals surface area contributed by atoms with Gasteiger partial charge in [0.2, 0.25) is 0 Å². The number of aromatic carboxylic acids is 1. The Morgan fingerprint density at radius 3 is 2.57 bits per heavy atom. The van der Waals surface area contributed by atoms with E-state index >= 15 is 0 Å². The summed E-state index contributed by atoms with van der Waals surface area (Å²) in [6.45, 7) is 10.1. The number of fused-ring (bicyclic) bond motifs is 2. The van der Waals surface area contributed by atoms with Crippen molar-refractivity contribution < 1.29 is 24.5 Å². The number of carbonyl (C=O) groups excluding carboxylic acids is 1. The molecule has 3 aliphatic rings. The molecule has 0 aromatic heterocycles. The van der Waals surface area contributed by atoms with Gasteiger partial charge in [0.05, 0.1) is 0 Å². The molecule has 2 fully saturated rings. The first-order chi connectivity index (χ1) is 13.0. The lowest BCUT2D eigenvalue weighted by molar-refractivity contribution is -0.207. The number of benzene rings is 1. The van der Waals surface area contributed by atoms with Crippen molar-refractivity contribution in [2.75, 3.05) is 0 Å². The van der Waals surface area contributed by atoms with E-state index in [2.05, 4.69) is 13.8 Å². The van der Waals surface area contributed by atoms with Crippen molar-refractivity contribution in [3.05, 3.63) is 22.8 Å². The molecule has 152 valence electrons. The Labute approximate surface area is 166 Å². The molecule has 5 heteroatoms. The van der Waals surface area contributed by atoms with Crippen molar-refractivity contribution in [3.8, 4) is 11.5 Å². The molecule has 28 heavy (non-hydrogen) atoms. The maximum atomic E-state index is 13.3. The fourth-order valence-corrected chi connectivity index (χ4v) is 6.71. The third-order valence-corrected chi connectivity index (χ3v) is 7.53. The highest BCUT2D eigenvalue weighted by molar-refractivity contribution is 5.94. The molecule has 0 unspecified atom stereocenters. The van der Waals surface area contributed by atoms with Gasteiger partial charge in [0.1, 0.15) is 28.4 Å². The van der Waals surface area contributed by atoms with E-state index in [-0.39, 0.29) is 51.8 Å².